The lowest BCUT2D eigenvalue weighted by Crippen LogP contribution is -2.27. The molecule has 4 heteroatoms. The maximum atomic E-state index is 11.9. The Morgan fingerprint density at radius 1 is 1.24 bits per heavy atom. The van der Waals surface area contributed by atoms with E-state index >= 15 is 0 Å². The van der Waals surface area contributed by atoms with Gasteiger partial charge in [0, 0.05) is 6.20 Å². The van der Waals surface area contributed by atoms with E-state index in [0.717, 1.165) is 12.3 Å². The molecule has 1 N–H and O–H groups in total. The molecule has 0 radical (unpaired) electrons. The lowest BCUT2D eigenvalue weighted by atomic mass is 9.88. The highest BCUT2D eigenvalue weighted by molar-refractivity contribution is 5.83. The van der Waals surface area contributed by atoms with Crippen LogP contribution in [0, 0.1) is 5.92 Å². The van der Waals surface area contributed by atoms with Crippen molar-refractivity contribution >= 4 is 11.9 Å². The molecule has 1 saturated carbocycles. The van der Waals surface area contributed by atoms with Crippen LogP contribution < -0.4 is 5.32 Å². The molecule has 1 amide bonds. The molecule has 4 nitrogen and oxygen atoms in total. The Balaban J connectivity index is 1.69. The largest absolute Gasteiger partial charge is 0.444 e. The van der Waals surface area contributed by atoms with Gasteiger partial charge in [-0.25, -0.2) is 9.78 Å². The molecule has 1 fully saturated rings. The van der Waals surface area contributed by atoms with E-state index in [-0.39, 0.29) is 0 Å². The summed E-state index contributed by atoms with van der Waals surface area (Å²) in [6.07, 6.45) is 4.83. The molecule has 1 atom stereocenters. The predicted molar refractivity (Wildman–Crippen MR) is 99.7 cm³/mol. The number of carbonyl (C=O) groups excluding carboxylic acids is 1. The van der Waals surface area contributed by atoms with E-state index in [1.807, 2.05) is 32.9 Å². The van der Waals surface area contributed by atoms with Gasteiger partial charge >= 0.3 is 6.09 Å². The zero-order chi connectivity index (χ0) is 17.9. The smallest absolute Gasteiger partial charge is 0.413 e. The monoisotopic (exact) mass is 338 g/mol. The van der Waals surface area contributed by atoms with Crippen molar-refractivity contribution in [2.45, 2.75) is 51.6 Å². The van der Waals surface area contributed by atoms with Gasteiger partial charge in [-0.15, -0.1) is 0 Å². The van der Waals surface area contributed by atoms with Gasteiger partial charge in [0.15, 0.2) is 0 Å². The van der Waals surface area contributed by atoms with Crippen molar-refractivity contribution in [2.75, 3.05) is 5.32 Å². The van der Waals surface area contributed by atoms with Crippen molar-refractivity contribution in [1.82, 2.24) is 4.98 Å². The third-order valence-corrected chi connectivity index (χ3v) is 4.33. The molecule has 1 aliphatic rings. The highest BCUT2D eigenvalue weighted by Gasteiger charge is 2.32. The maximum Gasteiger partial charge on any atom is 0.413 e. The van der Waals surface area contributed by atoms with Gasteiger partial charge in [0.1, 0.15) is 11.4 Å². The van der Waals surface area contributed by atoms with E-state index in [1.165, 1.54) is 24.0 Å². The molecule has 1 aliphatic carbocycles. The van der Waals surface area contributed by atoms with E-state index in [9.17, 15) is 4.79 Å². The third-order valence-electron chi connectivity index (χ3n) is 4.33. The molecule has 0 aliphatic heterocycles. The van der Waals surface area contributed by atoms with Crippen LogP contribution in [0.4, 0.5) is 10.6 Å². The summed E-state index contributed by atoms with van der Waals surface area (Å²) in [7, 11) is 0. The van der Waals surface area contributed by atoms with Gasteiger partial charge in [-0.05, 0) is 75.1 Å². The Kier molecular flexibility index (Phi) is 5.07. The molecule has 0 bridgehead atoms. The molecular formula is C21H26N2O2. The van der Waals surface area contributed by atoms with Crippen LogP contribution in [-0.2, 0) is 11.2 Å². The van der Waals surface area contributed by atoms with Crippen LogP contribution in [0.3, 0.4) is 0 Å². The maximum absolute atomic E-state index is 11.9. The van der Waals surface area contributed by atoms with Gasteiger partial charge in [0.05, 0.1) is 0 Å². The molecule has 25 heavy (non-hydrogen) atoms. The normalized spacial score (nSPS) is 15.5. The predicted octanol–water partition coefficient (Wildman–Crippen LogP) is 5.16. The number of hydrogen-bond donors (Lipinski definition) is 1. The van der Waals surface area contributed by atoms with Crippen molar-refractivity contribution in [2.24, 2.45) is 5.92 Å². The van der Waals surface area contributed by atoms with E-state index in [1.54, 1.807) is 6.20 Å². The molecule has 0 saturated heterocycles. The minimum atomic E-state index is -0.522. The number of amides is 1. The van der Waals surface area contributed by atoms with Gasteiger partial charge in [-0.3, -0.25) is 5.32 Å². The van der Waals surface area contributed by atoms with E-state index in [0.29, 0.717) is 11.7 Å². The quantitative estimate of drug-likeness (QED) is 0.818. The molecular weight excluding hydrogens is 312 g/mol. The average molecular weight is 338 g/mol. The Morgan fingerprint density at radius 3 is 2.60 bits per heavy atom. The van der Waals surface area contributed by atoms with Crippen molar-refractivity contribution in [3.05, 3.63) is 59.8 Å². The number of anilines is 1. The summed E-state index contributed by atoms with van der Waals surface area (Å²) in [5.41, 5.74) is 2.05. The van der Waals surface area contributed by atoms with Gasteiger partial charge in [0.2, 0.25) is 0 Å². The Labute approximate surface area is 149 Å². The highest BCUT2D eigenvalue weighted by atomic mass is 16.6. The van der Waals surface area contributed by atoms with Gasteiger partial charge in [-0.2, -0.15) is 0 Å². The number of pyridine rings is 1. The van der Waals surface area contributed by atoms with Crippen molar-refractivity contribution in [1.29, 1.82) is 0 Å². The first kappa shape index (κ1) is 17.5. The molecule has 1 aromatic heterocycles. The summed E-state index contributed by atoms with van der Waals surface area (Å²) in [5, 5.41) is 2.72. The Bertz CT molecular complexity index is 718. The standard InChI is InChI=1S/C21H26N2O2/c1-21(2,3)25-20(24)23-19-14-15(11-12-22-19)13-18(17-9-10-17)16-7-5-4-6-8-16/h4-8,11-12,14,17-18H,9-10,13H2,1-3H3,(H,22,23,24). The second-order valence-corrected chi connectivity index (χ2v) is 7.73. The number of rotatable bonds is 5. The van der Waals surface area contributed by atoms with E-state index in [4.69, 9.17) is 4.74 Å². The van der Waals surface area contributed by atoms with Crippen LogP contribution in [0.25, 0.3) is 0 Å². The number of ether oxygens (including phenoxy) is 1. The van der Waals surface area contributed by atoms with Crippen molar-refractivity contribution in [3.63, 3.8) is 0 Å². The van der Waals surface area contributed by atoms with Crippen molar-refractivity contribution in [3.8, 4) is 0 Å². The molecule has 1 unspecified atom stereocenters. The Hall–Kier alpha value is -2.36. The second kappa shape index (κ2) is 7.26. The Morgan fingerprint density at radius 2 is 1.96 bits per heavy atom. The van der Waals surface area contributed by atoms with Crippen LogP contribution in [0.15, 0.2) is 48.7 Å². The topological polar surface area (TPSA) is 51.2 Å². The zero-order valence-electron chi connectivity index (χ0n) is 15.2. The van der Waals surface area contributed by atoms with E-state index in [2.05, 4.69) is 40.6 Å². The molecule has 0 spiro atoms. The minimum absolute atomic E-state index is 0.473. The molecule has 1 aromatic carbocycles. The fourth-order valence-electron chi connectivity index (χ4n) is 3.09. The summed E-state index contributed by atoms with van der Waals surface area (Å²) in [4.78, 5) is 16.2. The first-order valence-electron chi connectivity index (χ1n) is 8.90. The van der Waals surface area contributed by atoms with Crippen molar-refractivity contribution < 1.29 is 9.53 Å². The molecule has 132 valence electrons. The number of carbonyl (C=O) groups is 1. The van der Waals surface area contributed by atoms with Gasteiger partial charge in [-0.1, -0.05) is 30.3 Å². The number of aromatic nitrogens is 1. The SMILES string of the molecule is CC(C)(C)OC(=O)Nc1cc(CC(c2ccccc2)C2CC2)ccn1. The number of hydrogen-bond acceptors (Lipinski definition) is 3. The zero-order valence-corrected chi connectivity index (χ0v) is 15.2. The number of nitrogens with zero attached hydrogens (tertiary/aromatic N) is 1. The lowest BCUT2D eigenvalue weighted by molar-refractivity contribution is 0.0635. The lowest BCUT2D eigenvalue weighted by Gasteiger charge is -2.20. The highest BCUT2D eigenvalue weighted by Crippen LogP contribution is 2.44. The summed E-state index contributed by atoms with van der Waals surface area (Å²) < 4.78 is 5.29. The molecule has 3 rings (SSSR count). The van der Waals surface area contributed by atoms with Gasteiger partial charge < -0.3 is 4.74 Å². The average Bonchev–Trinajstić information content (AvgIpc) is 3.36. The summed E-state index contributed by atoms with van der Waals surface area (Å²) in [5.74, 6) is 1.82. The fourth-order valence-corrected chi connectivity index (χ4v) is 3.09. The first-order chi connectivity index (χ1) is 11.9. The van der Waals surface area contributed by atoms with Crippen LogP contribution in [0.5, 0.6) is 0 Å². The molecule has 1 heterocycles. The second-order valence-electron chi connectivity index (χ2n) is 7.73. The van der Waals surface area contributed by atoms with E-state index < -0.39 is 11.7 Å². The fraction of sp³-hybridized carbons (Fsp3) is 0.429. The first-order valence-corrected chi connectivity index (χ1v) is 8.90. The van der Waals surface area contributed by atoms with Crippen LogP contribution in [0.2, 0.25) is 0 Å². The molecule has 2 aromatic rings. The van der Waals surface area contributed by atoms with Crippen LogP contribution in [-0.4, -0.2) is 16.7 Å². The summed E-state index contributed by atoms with van der Waals surface area (Å²) >= 11 is 0. The van der Waals surface area contributed by atoms with Crippen LogP contribution >= 0.6 is 0 Å². The number of benzene rings is 1. The minimum Gasteiger partial charge on any atom is -0.444 e. The van der Waals surface area contributed by atoms with Crippen LogP contribution in [0.1, 0.15) is 50.7 Å². The van der Waals surface area contributed by atoms with Gasteiger partial charge in [0.25, 0.3) is 0 Å². The summed E-state index contributed by atoms with van der Waals surface area (Å²) in [6, 6.07) is 14.7. The summed E-state index contributed by atoms with van der Waals surface area (Å²) in [6.45, 7) is 5.53. The number of nitrogens with one attached hydrogen (secondary N) is 1. The third kappa shape index (κ3) is 5.31.